The molecule has 4 nitrogen and oxygen atoms in total. The molecule has 1 amide bonds. The summed E-state index contributed by atoms with van der Waals surface area (Å²) in [6.07, 6.45) is 0.652. The van der Waals surface area contributed by atoms with E-state index in [1.807, 2.05) is 0 Å². The van der Waals surface area contributed by atoms with Gasteiger partial charge in [-0.05, 0) is 55.4 Å². The molecule has 0 fully saturated rings. The van der Waals surface area contributed by atoms with Gasteiger partial charge in [0.05, 0.1) is 6.61 Å². The number of hydrogen-bond donors (Lipinski definition) is 1. The van der Waals surface area contributed by atoms with Gasteiger partial charge >= 0.3 is 0 Å². The van der Waals surface area contributed by atoms with E-state index in [4.69, 9.17) is 10.5 Å². The van der Waals surface area contributed by atoms with E-state index in [9.17, 15) is 13.6 Å². The number of rotatable bonds is 8. The lowest BCUT2D eigenvalue weighted by Gasteiger charge is -2.25. The van der Waals surface area contributed by atoms with E-state index in [2.05, 4.69) is 0 Å². The van der Waals surface area contributed by atoms with E-state index < -0.39 is 11.9 Å². The second kappa shape index (κ2) is 8.40. The predicted octanol–water partition coefficient (Wildman–Crippen LogP) is 2.89. The second-order valence-corrected chi connectivity index (χ2v) is 5.49. The Labute approximate surface area is 139 Å². The summed E-state index contributed by atoms with van der Waals surface area (Å²) < 4.78 is 31.3. The third-order valence-electron chi connectivity index (χ3n) is 3.63. The fraction of sp³-hybridized carbons (Fsp3) is 0.278. The Morgan fingerprint density at radius 3 is 2.17 bits per heavy atom. The van der Waals surface area contributed by atoms with Gasteiger partial charge in [-0.15, -0.1) is 0 Å². The Morgan fingerprint density at radius 1 is 1.08 bits per heavy atom. The minimum atomic E-state index is -0.628. The van der Waals surface area contributed by atoms with Gasteiger partial charge in [0, 0.05) is 6.54 Å². The van der Waals surface area contributed by atoms with E-state index in [-0.39, 0.29) is 11.6 Å². The van der Waals surface area contributed by atoms with Gasteiger partial charge in [-0.25, -0.2) is 8.78 Å². The average Bonchev–Trinajstić information content (AvgIpc) is 2.55. The van der Waals surface area contributed by atoms with Crippen LogP contribution in [0.2, 0.25) is 0 Å². The molecule has 0 spiro atoms. The molecule has 0 aliphatic heterocycles. The first-order chi connectivity index (χ1) is 11.5. The van der Waals surface area contributed by atoms with E-state index in [0.29, 0.717) is 30.9 Å². The third kappa shape index (κ3) is 5.03. The number of nitrogens with zero attached hydrogens (tertiary/aromatic N) is 1. The summed E-state index contributed by atoms with van der Waals surface area (Å²) in [6, 6.07) is 10.9. The number of ether oxygens (including phenoxy) is 1. The van der Waals surface area contributed by atoms with Gasteiger partial charge in [0.15, 0.2) is 0 Å². The lowest BCUT2D eigenvalue weighted by atomic mass is 10.0. The normalized spacial score (nSPS) is 12.2. The number of hydrogen-bond acceptors (Lipinski definition) is 3. The fourth-order valence-electron chi connectivity index (χ4n) is 2.44. The van der Waals surface area contributed by atoms with E-state index in [1.165, 1.54) is 24.3 Å². The number of carbonyl (C=O) groups excluding carboxylic acids is 1. The first-order valence-electron chi connectivity index (χ1n) is 7.61. The molecule has 0 unspecified atom stereocenters. The zero-order valence-corrected chi connectivity index (χ0v) is 13.4. The summed E-state index contributed by atoms with van der Waals surface area (Å²) in [5.41, 5.74) is 6.12. The molecule has 0 bridgehead atoms. The molecule has 1 atom stereocenters. The monoisotopic (exact) mass is 334 g/mol. The zero-order chi connectivity index (χ0) is 17.5. The molecular weight excluding hydrogens is 314 g/mol. The largest absolute Gasteiger partial charge is 0.494 e. The maximum Gasteiger partial charge on any atom is 0.239 e. The van der Waals surface area contributed by atoms with Crippen molar-refractivity contribution in [2.45, 2.75) is 12.5 Å². The Kier molecular flexibility index (Phi) is 6.26. The number of carbonyl (C=O) groups is 1. The number of primary amides is 1. The molecule has 0 saturated heterocycles. The van der Waals surface area contributed by atoms with Crippen LogP contribution in [0, 0.1) is 11.6 Å². The van der Waals surface area contributed by atoms with Crippen molar-refractivity contribution in [3.05, 3.63) is 65.7 Å². The van der Waals surface area contributed by atoms with Crippen LogP contribution >= 0.6 is 0 Å². The first-order valence-corrected chi connectivity index (χ1v) is 7.61. The van der Waals surface area contributed by atoms with Crippen LogP contribution in [0.1, 0.15) is 18.0 Å². The standard InChI is InChI=1S/C18H20F2N2O2/c1-22(11-2-12-24-16-9-7-15(20)8-10-16)17(18(21)23)13-3-5-14(19)6-4-13/h3-10,17H,2,11-12H2,1H3,(H2,21,23)/t17-/m0/s1. The molecule has 2 N–H and O–H groups in total. The second-order valence-electron chi connectivity index (χ2n) is 5.49. The zero-order valence-electron chi connectivity index (χ0n) is 13.4. The Morgan fingerprint density at radius 2 is 1.62 bits per heavy atom. The van der Waals surface area contributed by atoms with Gasteiger partial charge in [0.25, 0.3) is 0 Å². The lowest BCUT2D eigenvalue weighted by molar-refractivity contribution is -0.123. The van der Waals surface area contributed by atoms with Crippen molar-refractivity contribution in [1.82, 2.24) is 4.90 Å². The highest BCUT2D eigenvalue weighted by Crippen LogP contribution is 2.20. The quantitative estimate of drug-likeness (QED) is 0.755. The van der Waals surface area contributed by atoms with Gasteiger partial charge in [-0.2, -0.15) is 0 Å². The molecule has 2 aromatic rings. The first kappa shape index (κ1) is 17.9. The minimum Gasteiger partial charge on any atom is -0.494 e. The molecule has 0 aliphatic rings. The van der Waals surface area contributed by atoms with Crippen LogP contribution in [0.5, 0.6) is 5.75 Å². The van der Waals surface area contributed by atoms with Crippen molar-refractivity contribution in [1.29, 1.82) is 0 Å². The maximum atomic E-state index is 13.0. The Bertz CT molecular complexity index is 660. The molecule has 128 valence electrons. The molecule has 0 saturated carbocycles. The van der Waals surface area contributed by atoms with Crippen molar-refractivity contribution in [3.63, 3.8) is 0 Å². The summed E-state index contributed by atoms with van der Waals surface area (Å²) in [5.74, 6) is -0.587. The number of benzene rings is 2. The number of halogens is 2. The van der Waals surface area contributed by atoms with Crippen molar-refractivity contribution in [3.8, 4) is 5.75 Å². The smallest absolute Gasteiger partial charge is 0.239 e. The Hall–Kier alpha value is -2.47. The van der Waals surface area contributed by atoms with Gasteiger partial charge in [0.2, 0.25) is 5.91 Å². The summed E-state index contributed by atoms with van der Waals surface area (Å²) >= 11 is 0. The summed E-state index contributed by atoms with van der Waals surface area (Å²) in [5, 5.41) is 0. The third-order valence-corrected chi connectivity index (χ3v) is 3.63. The highest BCUT2D eigenvalue weighted by molar-refractivity contribution is 5.81. The summed E-state index contributed by atoms with van der Waals surface area (Å²) in [6.45, 7) is 0.983. The molecular formula is C18H20F2N2O2. The summed E-state index contributed by atoms with van der Waals surface area (Å²) in [4.78, 5) is 13.5. The van der Waals surface area contributed by atoms with Gasteiger partial charge in [-0.1, -0.05) is 12.1 Å². The highest BCUT2D eigenvalue weighted by atomic mass is 19.1. The average molecular weight is 334 g/mol. The van der Waals surface area contributed by atoms with E-state index in [0.717, 1.165) is 0 Å². The lowest BCUT2D eigenvalue weighted by Crippen LogP contribution is -2.36. The van der Waals surface area contributed by atoms with Crippen molar-refractivity contribution in [2.75, 3.05) is 20.2 Å². The van der Waals surface area contributed by atoms with Crippen molar-refractivity contribution < 1.29 is 18.3 Å². The van der Waals surface area contributed by atoms with Gasteiger partial charge < -0.3 is 10.5 Å². The number of nitrogens with two attached hydrogens (primary N) is 1. The van der Waals surface area contributed by atoms with Gasteiger partial charge in [0.1, 0.15) is 23.4 Å². The van der Waals surface area contributed by atoms with Crippen LogP contribution in [-0.4, -0.2) is 31.0 Å². The summed E-state index contributed by atoms with van der Waals surface area (Å²) in [7, 11) is 1.77. The molecule has 2 rings (SSSR count). The van der Waals surface area contributed by atoms with Crippen LogP contribution in [0.15, 0.2) is 48.5 Å². The van der Waals surface area contributed by atoms with Crippen LogP contribution < -0.4 is 10.5 Å². The number of likely N-dealkylation sites (N-methyl/N-ethyl adjacent to an activating group) is 1. The van der Waals surface area contributed by atoms with Crippen LogP contribution in [0.4, 0.5) is 8.78 Å². The minimum absolute atomic E-state index is 0.314. The maximum absolute atomic E-state index is 13.0. The van der Waals surface area contributed by atoms with Crippen LogP contribution in [0.25, 0.3) is 0 Å². The van der Waals surface area contributed by atoms with Crippen LogP contribution in [0.3, 0.4) is 0 Å². The molecule has 0 aliphatic carbocycles. The highest BCUT2D eigenvalue weighted by Gasteiger charge is 2.22. The van der Waals surface area contributed by atoms with E-state index >= 15 is 0 Å². The molecule has 0 aromatic heterocycles. The van der Waals surface area contributed by atoms with Crippen molar-refractivity contribution >= 4 is 5.91 Å². The fourth-order valence-corrected chi connectivity index (χ4v) is 2.44. The SMILES string of the molecule is CN(CCCOc1ccc(F)cc1)[C@H](C(N)=O)c1ccc(F)cc1. The van der Waals surface area contributed by atoms with Crippen LogP contribution in [-0.2, 0) is 4.79 Å². The Balaban J connectivity index is 1.86. The molecule has 2 aromatic carbocycles. The molecule has 6 heteroatoms. The topological polar surface area (TPSA) is 55.6 Å². The van der Waals surface area contributed by atoms with Gasteiger partial charge in [-0.3, -0.25) is 9.69 Å². The van der Waals surface area contributed by atoms with E-state index in [1.54, 1.807) is 36.2 Å². The molecule has 24 heavy (non-hydrogen) atoms. The molecule has 0 radical (unpaired) electrons. The van der Waals surface area contributed by atoms with Crippen molar-refractivity contribution in [2.24, 2.45) is 5.73 Å². The molecule has 0 heterocycles. The predicted molar refractivity (Wildman–Crippen MR) is 87.5 cm³/mol. The number of amides is 1.